The normalized spacial score (nSPS) is 20.4. The molecule has 0 aromatic heterocycles. The lowest BCUT2D eigenvalue weighted by Gasteiger charge is -2.41. The molecule has 3 nitrogen and oxygen atoms in total. The minimum Gasteiger partial charge on any atom is -0.489 e. The van der Waals surface area contributed by atoms with Crippen molar-refractivity contribution in [2.24, 2.45) is 5.73 Å². The molecular formula is C16H22ClNO2. The molecular weight excluding hydrogens is 274 g/mol. The zero-order valence-corrected chi connectivity index (χ0v) is 12.9. The molecule has 2 N–H and O–H groups in total. The summed E-state index contributed by atoms with van der Waals surface area (Å²) in [6, 6.07) is 2.00. The van der Waals surface area contributed by atoms with Gasteiger partial charge in [-0.1, -0.05) is 25.4 Å². The van der Waals surface area contributed by atoms with Gasteiger partial charge in [-0.25, -0.2) is 0 Å². The highest BCUT2D eigenvalue weighted by atomic mass is 35.5. The highest BCUT2D eigenvalue weighted by Crippen LogP contribution is 2.50. The quantitative estimate of drug-likeness (QED) is 0.898. The Morgan fingerprint density at radius 1 is 1.15 bits per heavy atom. The maximum atomic E-state index is 6.55. The van der Waals surface area contributed by atoms with Crippen molar-refractivity contribution < 1.29 is 9.47 Å². The third-order valence-electron chi connectivity index (χ3n) is 4.37. The molecule has 20 heavy (non-hydrogen) atoms. The molecule has 1 saturated carbocycles. The van der Waals surface area contributed by atoms with Crippen LogP contribution >= 0.6 is 11.6 Å². The van der Waals surface area contributed by atoms with Crippen LogP contribution in [0.4, 0.5) is 0 Å². The predicted octanol–water partition coefficient (Wildman–Crippen LogP) is 3.96. The third kappa shape index (κ3) is 2.17. The maximum absolute atomic E-state index is 6.55. The smallest absolute Gasteiger partial charge is 0.180 e. The number of fused-ring (bicyclic) bond motifs is 1. The molecule has 110 valence electrons. The molecule has 1 heterocycles. The predicted molar refractivity (Wildman–Crippen MR) is 80.9 cm³/mol. The number of hydrogen-bond acceptors (Lipinski definition) is 3. The van der Waals surface area contributed by atoms with Crippen molar-refractivity contribution in [3.8, 4) is 11.5 Å². The van der Waals surface area contributed by atoms with Gasteiger partial charge in [-0.3, -0.25) is 0 Å². The molecule has 1 aliphatic heterocycles. The fraction of sp³-hybridized carbons (Fsp3) is 0.625. The van der Waals surface area contributed by atoms with E-state index in [2.05, 4.69) is 13.8 Å². The van der Waals surface area contributed by atoms with Crippen LogP contribution < -0.4 is 15.2 Å². The van der Waals surface area contributed by atoms with Gasteiger partial charge in [-0.2, -0.15) is 0 Å². The average molecular weight is 296 g/mol. The first-order valence-corrected chi connectivity index (χ1v) is 7.82. The summed E-state index contributed by atoms with van der Waals surface area (Å²) in [6.07, 6.45) is 4.09. The van der Waals surface area contributed by atoms with Crippen LogP contribution in [0.1, 0.15) is 56.6 Å². The van der Waals surface area contributed by atoms with E-state index in [9.17, 15) is 0 Å². The zero-order valence-electron chi connectivity index (χ0n) is 12.2. The van der Waals surface area contributed by atoms with Crippen LogP contribution in [0, 0.1) is 0 Å². The second kappa shape index (κ2) is 5.12. The Hall–Kier alpha value is -0.930. The Bertz CT molecular complexity index is 524. The first-order valence-electron chi connectivity index (χ1n) is 7.44. The van der Waals surface area contributed by atoms with E-state index in [4.69, 9.17) is 26.8 Å². The molecule has 0 atom stereocenters. The Kier molecular flexibility index (Phi) is 3.59. The van der Waals surface area contributed by atoms with Crippen molar-refractivity contribution in [1.29, 1.82) is 0 Å². The average Bonchev–Trinajstić information content (AvgIpc) is 2.61. The number of rotatable bonds is 2. The fourth-order valence-electron chi connectivity index (χ4n) is 3.12. The molecule has 3 rings (SSSR count). The molecule has 0 bridgehead atoms. The molecule has 0 saturated heterocycles. The van der Waals surface area contributed by atoms with E-state index in [0.29, 0.717) is 29.9 Å². The molecule has 2 aliphatic rings. The molecule has 0 amide bonds. The van der Waals surface area contributed by atoms with Gasteiger partial charge in [0.25, 0.3) is 0 Å². The SMILES string of the molecule is CC(C)c1c(C2(N)CCC2)cc(Cl)c2c1OCCCO2. The summed E-state index contributed by atoms with van der Waals surface area (Å²) in [5.74, 6) is 1.84. The van der Waals surface area contributed by atoms with Crippen LogP contribution in [-0.4, -0.2) is 13.2 Å². The van der Waals surface area contributed by atoms with Crippen molar-refractivity contribution in [3.05, 3.63) is 22.2 Å². The maximum Gasteiger partial charge on any atom is 0.180 e. The summed E-state index contributed by atoms with van der Waals surface area (Å²) < 4.78 is 11.8. The number of ether oxygens (including phenoxy) is 2. The van der Waals surface area contributed by atoms with Gasteiger partial charge >= 0.3 is 0 Å². The monoisotopic (exact) mass is 295 g/mol. The summed E-state index contributed by atoms with van der Waals surface area (Å²) in [6.45, 7) is 5.66. The lowest BCUT2D eigenvalue weighted by molar-refractivity contribution is 0.248. The standard InChI is InChI=1S/C16H22ClNO2/c1-10(2)13-11(16(18)5-3-6-16)9-12(17)14-15(13)20-8-4-7-19-14/h9-10H,3-8,18H2,1-2H3. The molecule has 1 aromatic rings. The number of nitrogens with two attached hydrogens (primary N) is 1. The third-order valence-corrected chi connectivity index (χ3v) is 4.65. The second-order valence-electron chi connectivity index (χ2n) is 6.19. The number of hydrogen-bond donors (Lipinski definition) is 1. The summed E-state index contributed by atoms with van der Waals surface area (Å²) in [4.78, 5) is 0. The summed E-state index contributed by atoms with van der Waals surface area (Å²) >= 11 is 6.42. The van der Waals surface area contributed by atoms with Gasteiger partial charge in [0.05, 0.1) is 18.2 Å². The van der Waals surface area contributed by atoms with E-state index in [-0.39, 0.29) is 5.54 Å². The second-order valence-corrected chi connectivity index (χ2v) is 6.60. The van der Waals surface area contributed by atoms with Crippen LogP contribution in [0.5, 0.6) is 11.5 Å². The molecule has 0 spiro atoms. The highest BCUT2D eigenvalue weighted by molar-refractivity contribution is 6.32. The van der Waals surface area contributed by atoms with Crippen LogP contribution in [0.3, 0.4) is 0 Å². The molecule has 0 radical (unpaired) electrons. The van der Waals surface area contributed by atoms with Gasteiger partial charge in [0.15, 0.2) is 11.5 Å². The van der Waals surface area contributed by atoms with E-state index >= 15 is 0 Å². The van der Waals surface area contributed by atoms with E-state index in [1.54, 1.807) is 0 Å². The molecule has 1 aromatic carbocycles. The molecule has 0 unspecified atom stereocenters. The first kappa shape index (κ1) is 14.0. The Morgan fingerprint density at radius 3 is 2.35 bits per heavy atom. The molecule has 1 fully saturated rings. The van der Waals surface area contributed by atoms with E-state index in [1.807, 2.05) is 6.07 Å². The Morgan fingerprint density at radius 2 is 1.80 bits per heavy atom. The largest absolute Gasteiger partial charge is 0.489 e. The van der Waals surface area contributed by atoms with Gasteiger partial charge in [0, 0.05) is 17.5 Å². The fourth-order valence-corrected chi connectivity index (χ4v) is 3.37. The van der Waals surface area contributed by atoms with Gasteiger partial charge < -0.3 is 15.2 Å². The Balaban J connectivity index is 2.20. The van der Waals surface area contributed by atoms with Crippen LogP contribution in [0.15, 0.2) is 6.07 Å². The first-order chi connectivity index (χ1) is 9.53. The van der Waals surface area contributed by atoms with Gasteiger partial charge in [0.1, 0.15) is 0 Å². The topological polar surface area (TPSA) is 44.5 Å². The van der Waals surface area contributed by atoms with Crippen LogP contribution in [0.2, 0.25) is 5.02 Å². The summed E-state index contributed by atoms with van der Waals surface area (Å²) in [7, 11) is 0. The van der Waals surface area contributed by atoms with Crippen molar-refractivity contribution in [1.82, 2.24) is 0 Å². The summed E-state index contributed by atoms with van der Waals surface area (Å²) in [5, 5.41) is 0.623. The van der Waals surface area contributed by atoms with Gasteiger partial charge in [-0.15, -0.1) is 0 Å². The van der Waals surface area contributed by atoms with Crippen molar-refractivity contribution in [2.75, 3.05) is 13.2 Å². The van der Waals surface area contributed by atoms with Crippen molar-refractivity contribution >= 4 is 11.6 Å². The number of halogens is 1. The molecule has 1 aliphatic carbocycles. The minimum absolute atomic E-state index is 0.242. The van der Waals surface area contributed by atoms with E-state index < -0.39 is 0 Å². The van der Waals surface area contributed by atoms with Gasteiger partial charge in [0.2, 0.25) is 0 Å². The Labute approximate surface area is 125 Å². The van der Waals surface area contributed by atoms with Gasteiger partial charge in [-0.05, 0) is 36.8 Å². The van der Waals surface area contributed by atoms with E-state index in [1.165, 1.54) is 12.0 Å². The zero-order chi connectivity index (χ0) is 14.3. The van der Waals surface area contributed by atoms with E-state index in [0.717, 1.165) is 30.6 Å². The number of benzene rings is 1. The highest BCUT2D eigenvalue weighted by Gasteiger charge is 2.39. The van der Waals surface area contributed by atoms with Crippen LogP contribution in [-0.2, 0) is 5.54 Å². The lowest BCUT2D eigenvalue weighted by Crippen LogP contribution is -2.44. The van der Waals surface area contributed by atoms with Crippen molar-refractivity contribution in [2.45, 2.75) is 51.0 Å². The lowest BCUT2D eigenvalue weighted by atomic mass is 9.70. The summed E-state index contributed by atoms with van der Waals surface area (Å²) in [5.41, 5.74) is 8.63. The van der Waals surface area contributed by atoms with Crippen LogP contribution in [0.25, 0.3) is 0 Å². The van der Waals surface area contributed by atoms with Crippen molar-refractivity contribution in [3.63, 3.8) is 0 Å². The minimum atomic E-state index is -0.242. The molecule has 4 heteroatoms.